The molecule has 2 heterocycles. The summed E-state index contributed by atoms with van der Waals surface area (Å²) in [4.78, 5) is 24.9. The number of rotatable bonds is 3. The van der Waals surface area contributed by atoms with Gasteiger partial charge in [0.25, 0.3) is 11.8 Å². The van der Waals surface area contributed by atoms with Crippen molar-refractivity contribution in [2.45, 2.75) is 0 Å². The third kappa shape index (κ3) is 3.54. The van der Waals surface area contributed by atoms with E-state index < -0.39 is 5.91 Å². The van der Waals surface area contributed by atoms with Crippen LogP contribution in [0.1, 0.15) is 16.1 Å². The Morgan fingerprint density at radius 3 is 2.70 bits per heavy atom. The number of halogens is 1. The second-order valence-corrected chi connectivity index (χ2v) is 7.07. The minimum atomic E-state index is -0.409. The van der Waals surface area contributed by atoms with E-state index in [0.717, 1.165) is 21.2 Å². The van der Waals surface area contributed by atoms with E-state index in [0.29, 0.717) is 16.2 Å². The minimum absolute atomic E-state index is 0.262. The molecule has 2 amide bonds. The van der Waals surface area contributed by atoms with Gasteiger partial charge in [-0.2, -0.15) is 5.01 Å². The molecule has 0 unspecified atom stereocenters. The van der Waals surface area contributed by atoms with Crippen LogP contribution in [0.3, 0.4) is 0 Å². The van der Waals surface area contributed by atoms with Crippen molar-refractivity contribution in [3.63, 3.8) is 0 Å². The smallest absolute Gasteiger partial charge is 0.285 e. The average Bonchev–Trinajstić information content (AvgIpc) is 3.12. The van der Waals surface area contributed by atoms with E-state index in [-0.39, 0.29) is 10.2 Å². The summed E-state index contributed by atoms with van der Waals surface area (Å²) in [5, 5.41) is 1.07. The fourth-order valence-corrected chi connectivity index (χ4v) is 3.26. The van der Waals surface area contributed by atoms with Gasteiger partial charge in [0.1, 0.15) is 5.76 Å². The predicted molar refractivity (Wildman–Crippen MR) is 95.3 cm³/mol. The van der Waals surface area contributed by atoms with Crippen LogP contribution < -0.4 is 5.43 Å². The highest BCUT2D eigenvalue weighted by Crippen LogP contribution is 2.31. The third-order valence-electron chi connectivity index (χ3n) is 2.93. The van der Waals surface area contributed by atoms with Crippen molar-refractivity contribution in [3.8, 4) is 0 Å². The molecule has 1 aliphatic rings. The van der Waals surface area contributed by atoms with E-state index in [1.807, 2.05) is 0 Å². The maximum atomic E-state index is 12.3. The first-order valence-electron chi connectivity index (χ1n) is 6.42. The Labute approximate surface area is 149 Å². The molecule has 1 fully saturated rings. The molecular weight excluding hydrogens is 400 g/mol. The molecule has 23 heavy (non-hydrogen) atoms. The number of hydrogen-bond acceptors (Lipinski definition) is 5. The maximum Gasteiger partial charge on any atom is 0.285 e. The number of hydrazine groups is 1. The molecule has 1 aliphatic heterocycles. The zero-order chi connectivity index (χ0) is 16.4. The number of benzene rings is 1. The Bertz CT molecular complexity index is 801. The zero-order valence-corrected chi connectivity index (χ0v) is 14.7. The molecule has 5 nitrogen and oxygen atoms in total. The van der Waals surface area contributed by atoms with E-state index in [4.69, 9.17) is 16.6 Å². The quantitative estimate of drug-likeness (QED) is 0.620. The van der Waals surface area contributed by atoms with Crippen LogP contribution in [0.5, 0.6) is 0 Å². The summed E-state index contributed by atoms with van der Waals surface area (Å²) in [6, 6.07) is 10.2. The topological polar surface area (TPSA) is 62.6 Å². The van der Waals surface area contributed by atoms with Gasteiger partial charge in [0.15, 0.2) is 4.32 Å². The molecule has 3 rings (SSSR count). The number of amides is 2. The van der Waals surface area contributed by atoms with Gasteiger partial charge in [0, 0.05) is 16.1 Å². The van der Waals surface area contributed by atoms with Crippen LogP contribution in [-0.2, 0) is 4.79 Å². The zero-order valence-electron chi connectivity index (χ0n) is 11.5. The van der Waals surface area contributed by atoms with E-state index in [1.54, 1.807) is 42.5 Å². The van der Waals surface area contributed by atoms with Gasteiger partial charge in [-0.1, -0.05) is 27.7 Å². The molecule has 0 saturated carbocycles. The van der Waals surface area contributed by atoms with Gasteiger partial charge in [-0.05, 0) is 48.6 Å². The van der Waals surface area contributed by atoms with Crippen molar-refractivity contribution in [2.24, 2.45) is 0 Å². The highest BCUT2D eigenvalue weighted by molar-refractivity contribution is 9.10. The van der Waals surface area contributed by atoms with E-state index >= 15 is 0 Å². The molecule has 0 atom stereocenters. The third-order valence-corrected chi connectivity index (χ3v) is 4.76. The molecule has 1 N–H and O–H groups in total. The second kappa shape index (κ2) is 6.69. The van der Waals surface area contributed by atoms with E-state index in [9.17, 15) is 9.59 Å². The summed E-state index contributed by atoms with van der Waals surface area (Å²) >= 11 is 9.56. The van der Waals surface area contributed by atoms with Crippen LogP contribution in [-0.4, -0.2) is 21.1 Å². The fourth-order valence-electron chi connectivity index (χ4n) is 1.83. The maximum absolute atomic E-state index is 12.3. The van der Waals surface area contributed by atoms with Gasteiger partial charge in [0.2, 0.25) is 0 Å². The largest absolute Gasteiger partial charge is 0.465 e. The van der Waals surface area contributed by atoms with Crippen LogP contribution in [0, 0.1) is 0 Å². The van der Waals surface area contributed by atoms with Crippen molar-refractivity contribution in [1.82, 2.24) is 10.4 Å². The number of thioether (sulfide) groups is 1. The number of carbonyl (C=O) groups is 2. The summed E-state index contributed by atoms with van der Waals surface area (Å²) in [7, 11) is 0. The molecule has 0 bridgehead atoms. The lowest BCUT2D eigenvalue weighted by atomic mass is 10.2. The highest BCUT2D eigenvalue weighted by Gasteiger charge is 2.34. The molecule has 0 spiro atoms. The highest BCUT2D eigenvalue weighted by atomic mass is 79.9. The average molecular weight is 409 g/mol. The van der Waals surface area contributed by atoms with Crippen molar-refractivity contribution in [2.75, 3.05) is 0 Å². The Morgan fingerprint density at radius 2 is 2.04 bits per heavy atom. The van der Waals surface area contributed by atoms with Crippen molar-refractivity contribution in [3.05, 3.63) is 63.4 Å². The first-order valence-corrected chi connectivity index (χ1v) is 8.44. The molecule has 1 saturated heterocycles. The van der Waals surface area contributed by atoms with Crippen LogP contribution >= 0.6 is 39.9 Å². The summed E-state index contributed by atoms with van der Waals surface area (Å²) in [5.74, 6) is -0.250. The first-order chi connectivity index (χ1) is 11.0. The number of hydrogen-bond donors (Lipinski definition) is 1. The van der Waals surface area contributed by atoms with Crippen LogP contribution in [0.15, 0.2) is 56.5 Å². The number of nitrogens with zero attached hydrogens (tertiary/aromatic N) is 1. The summed E-state index contributed by atoms with van der Waals surface area (Å²) in [5.41, 5.74) is 2.95. The SMILES string of the molecule is O=C(NN1C(=O)/C(=C/c2ccco2)SC1=S)c1ccc(Br)cc1. The monoisotopic (exact) mass is 408 g/mol. The normalized spacial score (nSPS) is 16.2. The summed E-state index contributed by atoms with van der Waals surface area (Å²) < 4.78 is 6.30. The molecular formula is C15H9BrN2O3S2. The molecule has 1 aromatic heterocycles. The Balaban J connectivity index is 1.75. The fraction of sp³-hybridized carbons (Fsp3) is 0. The number of nitrogens with one attached hydrogen (secondary N) is 1. The van der Waals surface area contributed by atoms with Gasteiger partial charge in [0.05, 0.1) is 11.2 Å². The Kier molecular flexibility index (Phi) is 4.65. The van der Waals surface area contributed by atoms with Gasteiger partial charge in [-0.25, -0.2) is 0 Å². The molecule has 0 radical (unpaired) electrons. The summed E-state index contributed by atoms with van der Waals surface area (Å²) in [6.45, 7) is 0. The second-order valence-electron chi connectivity index (χ2n) is 4.48. The first kappa shape index (κ1) is 16.0. The lowest BCUT2D eigenvalue weighted by molar-refractivity contribution is -0.123. The van der Waals surface area contributed by atoms with Crippen molar-refractivity contribution < 1.29 is 14.0 Å². The molecule has 2 aromatic rings. The van der Waals surface area contributed by atoms with E-state index in [2.05, 4.69) is 21.4 Å². The van der Waals surface area contributed by atoms with Gasteiger partial charge < -0.3 is 4.42 Å². The Hall–Kier alpha value is -1.90. The predicted octanol–water partition coefficient (Wildman–Crippen LogP) is 3.59. The van der Waals surface area contributed by atoms with Crippen molar-refractivity contribution >= 4 is 62.1 Å². The molecule has 0 aliphatic carbocycles. The van der Waals surface area contributed by atoms with E-state index in [1.165, 1.54) is 6.26 Å². The minimum Gasteiger partial charge on any atom is -0.465 e. The van der Waals surface area contributed by atoms with Crippen LogP contribution in [0.4, 0.5) is 0 Å². The van der Waals surface area contributed by atoms with Crippen LogP contribution in [0.2, 0.25) is 0 Å². The summed E-state index contributed by atoms with van der Waals surface area (Å²) in [6.07, 6.45) is 3.10. The number of furan rings is 1. The molecule has 1 aromatic carbocycles. The standard InChI is InChI=1S/C15H9BrN2O3S2/c16-10-5-3-9(4-6-10)13(19)17-18-14(20)12(23-15(18)22)8-11-2-1-7-21-11/h1-8H,(H,17,19)/b12-8-. The van der Waals surface area contributed by atoms with Gasteiger partial charge >= 0.3 is 0 Å². The van der Waals surface area contributed by atoms with Crippen molar-refractivity contribution in [1.29, 1.82) is 0 Å². The number of thiocarbonyl (C=S) groups is 1. The Morgan fingerprint density at radius 1 is 1.30 bits per heavy atom. The molecule has 8 heteroatoms. The van der Waals surface area contributed by atoms with Gasteiger partial charge in [-0.3, -0.25) is 15.0 Å². The number of carbonyl (C=O) groups excluding carboxylic acids is 2. The van der Waals surface area contributed by atoms with Gasteiger partial charge in [-0.15, -0.1) is 0 Å². The lowest BCUT2D eigenvalue weighted by Gasteiger charge is -2.15. The van der Waals surface area contributed by atoms with Crippen LogP contribution in [0.25, 0.3) is 6.08 Å². The lowest BCUT2D eigenvalue weighted by Crippen LogP contribution is -2.44. The molecule has 116 valence electrons.